The Labute approximate surface area is 123 Å². The second kappa shape index (κ2) is 5.19. The number of benzene rings is 1. The molecule has 1 aromatic heterocycles. The van der Waals surface area contributed by atoms with Gasteiger partial charge in [-0.05, 0) is 18.2 Å². The summed E-state index contributed by atoms with van der Waals surface area (Å²) >= 11 is 10.9. The van der Waals surface area contributed by atoms with Crippen LogP contribution in [0.15, 0.2) is 27.8 Å². The number of aromatic amines is 1. The minimum absolute atomic E-state index is 0.138. The second-order valence-electron chi connectivity index (χ2n) is 3.86. The Morgan fingerprint density at radius 2 is 1.76 bits per heavy atom. The maximum absolute atomic E-state index is 13.4. The molecule has 112 valence electrons. The lowest BCUT2D eigenvalue weighted by molar-refractivity contribution is -0.137. The molecular weight excluding hydrogens is 339 g/mol. The van der Waals surface area contributed by atoms with Gasteiger partial charge in [0.1, 0.15) is 0 Å². The smallest absolute Gasteiger partial charge is 0.295 e. The van der Waals surface area contributed by atoms with E-state index >= 15 is 0 Å². The molecule has 0 saturated carbocycles. The molecule has 0 saturated heterocycles. The molecule has 0 spiro atoms. The number of nitrogens with one attached hydrogen (secondary N) is 1. The zero-order valence-electron chi connectivity index (χ0n) is 9.76. The quantitative estimate of drug-likeness (QED) is 0.639. The third-order valence-corrected chi connectivity index (χ3v) is 3.10. The number of hydrogen-bond donors (Lipinski definition) is 1. The van der Waals surface area contributed by atoms with Crippen LogP contribution in [0.3, 0.4) is 0 Å². The molecule has 1 N–H and O–H groups in total. The van der Waals surface area contributed by atoms with Gasteiger partial charge in [0, 0.05) is 0 Å². The van der Waals surface area contributed by atoms with Gasteiger partial charge in [0.05, 0.1) is 16.3 Å². The molecule has 2 aromatic rings. The van der Waals surface area contributed by atoms with Crippen molar-refractivity contribution in [1.29, 1.82) is 0 Å². The van der Waals surface area contributed by atoms with Gasteiger partial charge in [0.15, 0.2) is 5.15 Å². The Morgan fingerprint density at radius 3 is 2.33 bits per heavy atom. The van der Waals surface area contributed by atoms with Crippen molar-refractivity contribution in [2.45, 2.75) is 6.18 Å². The summed E-state index contributed by atoms with van der Waals surface area (Å²) in [5, 5.41) is -1.18. The van der Waals surface area contributed by atoms with Crippen LogP contribution in [-0.4, -0.2) is 9.55 Å². The lowest BCUT2D eigenvalue weighted by Gasteiger charge is -2.11. The second-order valence-corrected chi connectivity index (χ2v) is 4.65. The van der Waals surface area contributed by atoms with Crippen molar-refractivity contribution >= 4 is 23.2 Å². The molecule has 0 radical (unpaired) electrons. The number of aromatic nitrogens is 2. The maximum atomic E-state index is 13.4. The van der Waals surface area contributed by atoms with E-state index in [4.69, 9.17) is 23.2 Å². The molecule has 2 rings (SSSR count). The first-order valence-electron chi connectivity index (χ1n) is 5.20. The fourth-order valence-electron chi connectivity index (χ4n) is 1.57. The molecule has 1 heterocycles. The first-order valence-corrected chi connectivity index (χ1v) is 5.96. The lowest BCUT2D eigenvalue weighted by Crippen LogP contribution is -2.36. The molecule has 0 aliphatic rings. The summed E-state index contributed by atoms with van der Waals surface area (Å²) in [4.78, 5) is 25.1. The Morgan fingerprint density at radius 1 is 1.14 bits per heavy atom. The van der Waals surface area contributed by atoms with Gasteiger partial charge in [-0.15, -0.1) is 0 Å². The normalized spacial score (nSPS) is 11.7. The minimum Gasteiger partial charge on any atom is -0.295 e. The number of nitrogens with zero attached hydrogens (tertiary/aromatic N) is 1. The van der Waals surface area contributed by atoms with Gasteiger partial charge in [-0.1, -0.05) is 23.2 Å². The van der Waals surface area contributed by atoms with E-state index < -0.39 is 39.6 Å². The number of rotatable bonds is 1. The molecule has 0 amide bonds. The largest absolute Gasteiger partial charge is 0.416 e. The van der Waals surface area contributed by atoms with E-state index in [0.717, 1.165) is 6.07 Å². The first kappa shape index (κ1) is 15.6. The van der Waals surface area contributed by atoms with Crippen molar-refractivity contribution in [1.82, 2.24) is 9.55 Å². The zero-order valence-corrected chi connectivity index (χ0v) is 11.3. The SMILES string of the molecule is O=c1[nH]c(Cl)c(F)c(=O)n1-c1cc(C(F)(F)F)ccc1Cl. The molecule has 21 heavy (non-hydrogen) atoms. The fourth-order valence-corrected chi connectivity index (χ4v) is 1.93. The predicted octanol–water partition coefficient (Wildman–Crippen LogP) is 2.99. The van der Waals surface area contributed by atoms with Crippen molar-refractivity contribution < 1.29 is 17.6 Å². The highest BCUT2D eigenvalue weighted by molar-refractivity contribution is 6.32. The summed E-state index contributed by atoms with van der Waals surface area (Å²) in [5.74, 6) is -1.51. The van der Waals surface area contributed by atoms with Crippen LogP contribution in [0.1, 0.15) is 5.56 Å². The van der Waals surface area contributed by atoms with Crippen molar-refractivity contribution in [2.75, 3.05) is 0 Å². The number of alkyl halides is 3. The molecule has 0 aliphatic heterocycles. The standard InChI is InChI=1S/C11H4Cl2F4N2O2/c12-5-2-1-4(11(15,16)17)3-6(5)19-9(20)7(14)8(13)18-10(19)21/h1-3H,(H,18,21). The van der Waals surface area contributed by atoms with E-state index in [0.29, 0.717) is 12.1 Å². The average molecular weight is 343 g/mol. The molecule has 0 unspecified atom stereocenters. The topological polar surface area (TPSA) is 54.9 Å². The van der Waals surface area contributed by atoms with Crippen molar-refractivity contribution in [2.24, 2.45) is 0 Å². The Hall–Kier alpha value is -1.80. The van der Waals surface area contributed by atoms with Crippen LogP contribution in [0.25, 0.3) is 5.69 Å². The molecule has 1 aromatic carbocycles. The van der Waals surface area contributed by atoms with Gasteiger partial charge in [0.2, 0.25) is 5.82 Å². The number of halogens is 6. The molecule has 0 aliphatic carbocycles. The zero-order chi connectivity index (χ0) is 15.9. The summed E-state index contributed by atoms with van der Waals surface area (Å²) in [6.07, 6.45) is -4.72. The number of hydrogen-bond acceptors (Lipinski definition) is 2. The van der Waals surface area contributed by atoms with Gasteiger partial charge in [0.25, 0.3) is 5.56 Å². The molecule has 0 bridgehead atoms. The van der Waals surface area contributed by atoms with Gasteiger partial charge < -0.3 is 0 Å². The van der Waals surface area contributed by atoms with Crippen LogP contribution >= 0.6 is 23.2 Å². The van der Waals surface area contributed by atoms with Crippen LogP contribution in [0.5, 0.6) is 0 Å². The lowest BCUT2D eigenvalue weighted by atomic mass is 10.2. The minimum atomic E-state index is -4.72. The van der Waals surface area contributed by atoms with Crippen molar-refractivity contribution in [3.05, 3.63) is 60.6 Å². The summed E-state index contributed by atoms with van der Waals surface area (Å²) < 4.78 is 51.5. The van der Waals surface area contributed by atoms with Gasteiger partial charge in [-0.25, -0.2) is 9.36 Å². The monoisotopic (exact) mass is 342 g/mol. The highest BCUT2D eigenvalue weighted by Crippen LogP contribution is 2.32. The summed E-state index contributed by atoms with van der Waals surface area (Å²) in [6.45, 7) is 0. The van der Waals surface area contributed by atoms with Crippen LogP contribution in [0.2, 0.25) is 10.2 Å². The van der Waals surface area contributed by atoms with Crippen LogP contribution in [0.4, 0.5) is 17.6 Å². The van der Waals surface area contributed by atoms with E-state index in [-0.39, 0.29) is 9.59 Å². The van der Waals surface area contributed by atoms with E-state index in [9.17, 15) is 27.2 Å². The van der Waals surface area contributed by atoms with Crippen LogP contribution in [-0.2, 0) is 6.18 Å². The predicted molar refractivity (Wildman–Crippen MR) is 67.6 cm³/mol. The van der Waals surface area contributed by atoms with E-state index in [1.807, 2.05) is 0 Å². The van der Waals surface area contributed by atoms with E-state index in [1.165, 1.54) is 0 Å². The van der Waals surface area contributed by atoms with Gasteiger partial charge in [-0.2, -0.15) is 17.6 Å². The summed E-state index contributed by atoms with van der Waals surface area (Å²) in [7, 11) is 0. The number of H-pyrrole nitrogens is 1. The fraction of sp³-hybridized carbons (Fsp3) is 0.0909. The van der Waals surface area contributed by atoms with E-state index in [1.54, 1.807) is 4.98 Å². The van der Waals surface area contributed by atoms with Gasteiger partial charge in [-0.3, -0.25) is 9.78 Å². The molecule has 0 atom stereocenters. The average Bonchev–Trinajstić information content (AvgIpc) is 2.37. The Balaban J connectivity index is 2.83. The third-order valence-electron chi connectivity index (χ3n) is 2.52. The molecule has 0 fully saturated rings. The molecular formula is C11H4Cl2F4N2O2. The highest BCUT2D eigenvalue weighted by Gasteiger charge is 2.31. The van der Waals surface area contributed by atoms with Crippen molar-refractivity contribution in [3.8, 4) is 5.69 Å². The molecule has 10 heteroatoms. The summed E-state index contributed by atoms with van der Waals surface area (Å²) in [5.41, 5.74) is -4.48. The van der Waals surface area contributed by atoms with Crippen molar-refractivity contribution in [3.63, 3.8) is 0 Å². The summed E-state index contributed by atoms with van der Waals surface area (Å²) in [6, 6.07) is 1.97. The van der Waals surface area contributed by atoms with Crippen LogP contribution in [0, 0.1) is 5.82 Å². The third kappa shape index (κ3) is 2.81. The van der Waals surface area contributed by atoms with Gasteiger partial charge >= 0.3 is 11.9 Å². The highest BCUT2D eigenvalue weighted by atomic mass is 35.5. The Bertz CT molecular complexity index is 826. The first-order chi connectivity index (χ1) is 9.62. The Kier molecular flexibility index (Phi) is 3.85. The van der Waals surface area contributed by atoms with E-state index in [2.05, 4.69) is 0 Å². The van der Waals surface area contributed by atoms with Crippen LogP contribution < -0.4 is 11.2 Å². The maximum Gasteiger partial charge on any atom is 0.416 e. The molecule has 4 nitrogen and oxygen atoms in total.